The zero-order chi connectivity index (χ0) is 15.5. The third-order valence-corrected chi connectivity index (χ3v) is 5.28. The Labute approximate surface area is 132 Å². The van der Waals surface area contributed by atoms with Crippen LogP contribution in [0.1, 0.15) is 25.3 Å². The van der Waals surface area contributed by atoms with Crippen LogP contribution in [0.15, 0.2) is 33.9 Å². The van der Waals surface area contributed by atoms with Crippen LogP contribution in [-0.4, -0.2) is 23.4 Å². The zero-order valence-corrected chi connectivity index (χ0v) is 14.3. The van der Waals surface area contributed by atoms with Crippen molar-refractivity contribution in [3.63, 3.8) is 0 Å². The van der Waals surface area contributed by atoms with Crippen LogP contribution in [-0.2, 0) is 23.5 Å². The number of rotatable bonds is 6. The van der Waals surface area contributed by atoms with E-state index in [1.54, 1.807) is 12.1 Å². The molecule has 0 amide bonds. The minimum absolute atomic E-state index is 0.00226. The molecule has 0 fully saturated rings. The first-order valence-corrected chi connectivity index (χ1v) is 8.88. The Kier molecular flexibility index (Phi) is 5.00. The second-order valence-electron chi connectivity index (χ2n) is 4.71. The number of unbranched alkanes of at least 4 members (excludes halogenated alkanes) is 1. The standard InChI is InChI=1S/C13H17BrN4O2S/c1-3-4-5-10-6-8-11(9-7-10)16-21(19,20)13-12(14)15-17-18(13)2/h6-9,16H,3-5H2,1-2H3. The van der Waals surface area contributed by atoms with Crippen LogP contribution in [0.3, 0.4) is 0 Å². The molecule has 0 saturated heterocycles. The molecule has 2 aromatic rings. The Hall–Kier alpha value is -1.41. The van der Waals surface area contributed by atoms with Gasteiger partial charge in [0.25, 0.3) is 10.0 Å². The minimum atomic E-state index is -3.72. The maximum Gasteiger partial charge on any atom is 0.281 e. The average molecular weight is 373 g/mol. The van der Waals surface area contributed by atoms with Crippen molar-refractivity contribution in [2.45, 2.75) is 31.2 Å². The highest BCUT2D eigenvalue weighted by atomic mass is 79.9. The Morgan fingerprint density at radius 3 is 2.48 bits per heavy atom. The van der Waals surface area contributed by atoms with Gasteiger partial charge in [-0.05, 0) is 46.5 Å². The van der Waals surface area contributed by atoms with Crippen LogP contribution in [0.25, 0.3) is 0 Å². The summed E-state index contributed by atoms with van der Waals surface area (Å²) in [5, 5.41) is 7.35. The van der Waals surface area contributed by atoms with E-state index in [1.165, 1.54) is 17.3 Å². The Morgan fingerprint density at radius 2 is 1.95 bits per heavy atom. The van der Waals surface area contributed by atoms with Gasteiger partial charge in [0.2, 0.25) is 5.03 Å². The SMILES string of the molecule is CCCCc1ccc(NS(=O)(=O)c2c(Br)nnn2C)cc1. The van der Waals surface area contributed by atoms with Gasteiger partial charge in [0.1, 0.15) is 0 Å². The fraction of sp³-hybridized carbons (Fsp3) is 0.385. The lowest BCUT2D eigenvalue weighted by molar-refractivity contribution is 0.578. The highest BCUT2D eigenvalue weighted by molar-refractivity contribution is 9.10. The molecule has 0 unspecified atom stereocenters. The summed E-state index contributed by atoms with van der Waals surface area (Å²) in [4.78, 5) is 0. The quantitative estimate of drug-likeness (QED) is 0.845. The number of benzene rings is 1. The molecule has 0 atom stereocenters. The van der Waals surface area contributed by atoms with Gasteiger partial charge in [-0.3, -0.25) is 4.72 Å². The molecule has 1 aromatic carbocycles. The second-order valence-corrected chi connectivity index (χ2v) is 7.06. The van der Waals surface area contributed by atoms with Gasteiger partial charge in [-0.15, -0.1) is 5.10 Å². The van der Waals surface area contributed by atoms with Gasteiger partial charge < -0.3 is 0 Å². The molecule has 0 saturated carbocycles. The number of hydrogen-bond donors (Lipinski definition) is 1. The van der Waals surface area contributed by atoms with Crippen molar-refractivity contribution in [3.05, 3.63) is 34.4 Å². The summed E-state index contributed by atoms with van der Waals surface area (Å²) in [6.45, 7) is 2.14. The lowest BCUT2D eigenvalue weighted by atomic mass is 10.1. The highest BCUT2D eigenvalue weighted by Crippen LogP contribution is 2.21. The largest absolute Gasteiger partial charge is 0.281 e. The summed E-state index contributed by atoms with van der Waals surface area (Å²) < 4.78 is 28.6. The molecule has 0 spiro atoms. The van der Waals surface area contributed by atoms with Crippen molar-refractivity contribution in [1.29, 1.82) is 0 Å². The predicted octanol–water partition coefficient (Wildman–Crippen LogP) is 2.72. The molecule has 1 N–H and O–H groups in total. The lowest BCUT2D eigenvalue weighted by Gasteiger charge is -2.08. The molecule has 0 aliphatic rings. The van der Waals surface area contributed by atoms with E-state index >= 15 is 0 Å². The summed E-state index contributed by atoms with van der Waals surface area (Å²) in [6, 6.07) is 7.40. The molecule has 2 rings (SSSR count). The summed E-state index contributed by atoms with van der Waals surface area (Å²) in [6.07, 6.45) is 3.26. The first kappa shape index (κ1) is 16.0. The van der Waals surface area contributed by atoms with Crippen molar-refractivity contribution in [3.8, 4) is 0 Å². The maximum absolute atomic E-state index is 12.3. The van der Waals surface area contributed by atoms with Crippen molar-refractivity contribution in [2.75, 3.05) is 4.72 Å². The second kappa shape index (κ2) is 6.57. The van der Waals surface area contributed by atoms with Gasteiger partial charge in [-0.2, -0.15) is 8.42 Å². The van der Waals surface area contributed by atoms with Gasteiger partial charge in [0.15, 0.2) is 4.60 Å². The first-order chi connectivity index (χ1) is 9.94. The Balaban J connectivity index is 2.17. The van der Waals surface area contributed by atoms with Crippen LogP contribution < -0.4 is 4.72 Å². The highest BCUT2D eigenvalue weighted by Gasteiger charge is 2.23. The van der Waals surface area contributed by atoms with Gasteiger partial charge >= 0.3 is 0 Å². The molecule has 0 aliphatic heterocycles. The summed E-state index contributed by atoms with van der Waals surface area (Å²) in [5.41, 5.74) is 1.71. The fourth-order valence-corrected chi connectivity index (χ4v) is 4.09. The van der Waals surface area contributed by atoms with Crippen LogP contribution >= 0.6 is 15.9 Å². The van der Waals surface area contributed by atoms with Gasteiger partial charge in [0, 0.05) is 12.7 Å². The zero-order valence-electron chi connectivity index (χ0n) is 11.9. The molecule has 1 heterocycles. The number of hydrogen-bond acceptors (Lipinski definition) is 4. The number of nitrogens with one attached hydrogen (secondary N) is 1. The normalized spacial score (nSPS) is 11.6. The number of nitrogens with zero attached hydrogens (tertiary/aromatic N) is 3. The molecule has 114 valence electrons. The monoisotopic (exact) mass is 372 g/mol. The average Bonchev–Trinajstić information content (AvgIpc) is 2.77. The molecule has 0 aliphatic carbocycles. The Morgan fingerprint density at radius 1 is 1.29 bits per heavy atom. The molecule has 1 aromatic heterocycles. The fourth-order valence-electron chi connectivity index (χ4n) is 1.93. The molecule has 6 nitrogen and oxygen atoms in total. The van der Waals surface area contributed by atoms with Gasteiger partial charge in [-0.1, -0.05) is 30.7 Å². The van der Waals surface area contributed by atoms with E-state index in [-0.39, 0.29) is 9.63 Å². The van der Waals surface area contributed by atoms with E-state index in [2.05, 4.69) is 37.9 Å². The summed E-state index contributed by atoms with van der Waals surface area (Å²) in [7, 11) is -2.19. The van der Waals surface area contributed by atoms with E-state index in [0.717, 1.165) is 19.3 Å². The van der Waals surface area contributed by atoms with Crippen molar-refractivity contribution < 1.29 is 8.42 Å². The molecule has 0 radical (unpaired) electrons. The van der Waals surface area contributed by atoms with Crippen molar-refractivity contribution >= 4 is 31.6 Å². The Bertz CT molecular complexity index is 691. The summed E-state index contributed by atoms with van der Waals surface area (Å²) >= 11 is 3.09. The van der Waals surface area contributed by atoms with Crippen LogP contribution in [0.2, 0.25) is 0 Å². The van der Waals surface area contributed by atoms with Crippen molar-refractivity contribution in [1.82, 2.24) is 15.0 Å². The molecule has 8 heteroatoms. The minimum Gasteiger partial charge on any atom is -0.278 e. The third kappa shape index (κ3) is 3.82. The third-order valence-electron chi connectivity index (χ3n) is 3.02. The molecular weight excluding hydrogens is 356 g/mol. The molecule has 21 heavy (non-hydrogen) atoms. The van der Waals surface area contributed by atoms with E-state index in [1.807, 2.05) is 12.1 Å². The predicted molar refractivity (Wildman–Crippen MR) is 84.6 cm³/mol. The maximum atomic E-state index is 12.3. The van der Waals surface area contributed by atoms with E-state index in [0.29, 0.717) is 5.69 Å². The van der Waals surface area contributed by atoms with E-state index in [4.69, 9.17) is 0 Å². The van der Waals surface area contributed by atoms with Crippen LogP contribution in [0.4, 0.5) is 5.69 Å². The lowest BCUT2D eigenvalue weighted by Crippen LogP contribution is -2.17. The number of aromatic nitrogens is 3. The number of anilines is 1. The van der Waals surface area contributed by atoms with E-state index in [9.17, 15) is 8.42 Å². The van der Waals surface area contributed by atoms with Gasteiger partial charge in [-0.25, -0.2) is 4.68 Å². The topological polar surface area (TPSA) is 76.9 Å². The van der Waals surface area contributed by atoms with Crippen LogP contribution in [0.5, 0.6) is 0 Å². The van der Waals surface area contributed by atoms with Crippen LogP contribution in [0, 0.1) is 0 Å². The number of aryl methyl sites for hydroxylation is 2. The van der Waals surface area contributed by atoms with Crippen molar-refractivity contribution in [2.24, 2.45) is 7.05 Å². The number of sulfonamides is 1. The number of halogens is 1. The smallest absolute Gasteiger partial charge is 0.278 e. The van der Waals surface area contributed by atoms with E-state index < -0.39 is 10.0 Å². The van der Waals surface area contributed by atoms with Gasteiger partial charge in [0.05, 0.1) is 0 Å². The summed E-state index contributed by atoms with van der Waals surface area (Å²) in [5.74, 6) is 0. The first-order valence-electron chi connectivity index (χ1n) is 6.61. The molecule has 0 bridgehead atoms. The molecular formula is C13H17BrN4O2S.